The maximum atomic E-state index is 5.45. The number of para-hydroxylation sites is 1. The number of ether oxygens (including phenoxy) is 1. The van der Waals surface area contributed by atoms with E-state index in [-0.39, 0.29) is 0 Å². The Morgan fingerprint density at radius 2 is 1.48 bits per heavy atom. The molecule has 132 valence electrons. The number of benzene rings is 2. The minimum absolute atomic E-state index is 0.922. The van der Waals surface area contributed by atoms with Crippen LogP contribution in [0.15, 0.2) is 48.5 Å². The van der Waals surface area contributed by atoms with E-state index in [9.17, 15) is 0 Å². The van der Waals surface area contributed by atoms with Crippen molar-refractivity contribution in [3.63, 3.8) is 0 Å². The van der Waals surface area contributed by atoms with Gasteiger partial charge in [0.1, 0.15) is 5.75 Å². The van der Waals surface area contributed by atoms with Crippen LogP contribution in [-0.4, -0.2) is 27.8 Å². The maximum absolute atomic E-state index is 5.45. The van der Waals surface area contributed by atoms with Gasteiger partial charge in [-0.2, -0.15) is 0 Å². The third-order valence-electron chi connectivity index (χ3n) is 4.73. The quantitative estimate of drug-likeness (QED) is 0.608. The van der Waals surface area contributed by atoms with E-state index < -0.39 is 16.1 Å². The third kappa shape index (κ3) is 3.33. The van der Waals surface area contributed by atoms with E-state index in [2.05, 4.69) is 92.4 Å². The summed E-state index contributed by atoms with van der Waals surface area (Å²) in [6.45, 7) is 14.5. The Balaban J connectivity index is 2.40. The minimum atomic E-state index is -1.52. The SMILES string of the molecule is COc1ccc2c(c1)cc([Si](C)(C)C)n2-c1ccccc1[Si](C)(C)C. The zero-order valence-electron chi connectivity index (χ0n) is 16.5. The lowest BCUT2D eigenvalue weighted by Crippen LogP contribution is -2.46. The van der Waals surface area contributed by atoms with Crippen LogP contribution in [0.3, 0.4) is 0 Å². The molecule has 0 saturated heterocycles. The molecule has 2 aromatic carbocycles. The van der Waals surface area contributed by atoms with E-state index in [0.29, 0.717) is 0 Å². The second-order valence-electron chi connectivity index (χ2n) is 8.81. The van der Waals surface area contributed by atoms with Crippen molar-refractivity contribution >= 4 is 37.6 Å². The molecule has 4 heteroatoms. The van der Waals surface area contributed by atoms with E-state index in [1.54, 1.807) is 7.11 Å². The van der Waals surface area contributed by atoms with Crippen LogP contribution in [-0.2, 0) is 0 Å². The average Bonchev–Trinajstić information content (AvgIpc) is 2.92. The van der Waals surface area contributed by atoms with Crippen molar-refractivity contribution in [2.75, 3.05) is 7.11 Å². The highest BCUT2D eigenvalue weighted by Gasteiger charge is 2.27. The maximum Gasteiger partial charge on any atom is 0.119 e. The van der Waals surface area contributed by atoms with Gasteiger partial charge in [0.2, 0.25) is 0 Å². The zero-order valence-corrected chi connectivity index (χ0v) is 18.5. The summed E-state index contributed by atoms with van der Waals surface area (Å²) < 4.78 is 7.97. The van der Waals surface area contributed by atoms with Crippen LogP contribution >= 0.6 is 0 Å². The number of hydrogen-bond donors (Lipinski definition) is 0. The predicted octanol–water partition coefficient (Wildman–Crippen LogP) is 4.73. The van der Waals surface area contributed by atoms with Gasteiger partial charge in [-0.15, -0.1) is 0 Å². The molecule has 0 aliphatic heterocycles. The highest BCUT2D eigenvalue weighted by atomic mass is 28.3. The Bertz CT molecular complexity index is 914. The van der Waals surface area contributed by atoms with Crippen molar-refractivity contribution in [3.8, 4) is 11.4 Å². The van der Waals surface area contributed by atoms with Gasteiger partial charge in [0, 0.05) is 16.4 Å². The number of hydrogen-bond acceptors (Lipinski definition) is 1. The summed E-state index contributed by atoms with van der Waals surface area (Å²) in [5.74, 6) is 0.922. The standard InChI is InChI=1S/C21H29NOSi2/c1-23-17-12-13-18-16(14-17)15-21(25(5,6)7)22(18)19-10-8-9-11-20(19)24(2,3)4/h8-15H,1-7H3. The Morgan fingerprint density at radius 3 is 2.08 bits per heavy atom. The Morgan fingerprint density at radius 1 is 0.800 bits per heavy atom. The van der Waals surface area contributed by atoms with E-state index in [1.165, 1.54) is 27.1 Å². The van der Waals surface area contributed by atoms with Crippen molar-refractivity contribution in [2.45, 2.75) is 39.3 Å². The van der Waals surface area contributed by atoms with Gasteiger partial charge < -0.3 is 9.30 Å². The third-order valence-corrected chi connectivity index (χ3v) is 8.67. The number of aromatic nitrogens is 1. The lowest BCUT2D eigenvalue weighted by molar-refractivity contribution is 0.415. The first-order valence-electron chi connectivity index (χ1n) is 8.93. The normalized spacial score (nSPS) is 12.6. The van der Waals surface area contributed by atoms with E-state index in [4.69, 9.17) is 4.74 Å². The molecule has 0 aliphatic rings. The lowest BCUT2D eigenvalue weighted by atomic mass is 10.2. The van der Waals surface area contributed by atoms with Gasteiger partial charge in [0.25, 0.3) is 0 Å². The minimum Gasteiger partial charge on any atom is -0.497 e. The molecule has 0 N–H and O–H groups in total. The van der Waals surface area contributed by atoms with Gasteiger partial charge in [0.15, 0.2) is 0 Å². The summed E-state index contributed by atoms with van der Waals surface area (Å²) in [5.41, 5.74) is 2.64. The monoisotopic (exact) mass is 367 g/mol. The molecule has 0 radical (unpaired) electrons. The van der Waals surface area contributed by atoms with Crippen LogP contribution in [0.1, 0.15) is 0 Å². The van der Waals surface area contributed by atoms with Crippen molar-refractivity contribution in [1.29, 1.82) is 0 Å². The van der Waals surface area contributed by atoms with Crippen LogP contribution in [0.4, 0.5) is 0 Å². The first kappa shape index (κ1) is 18.0. The Kier molecular flexibility index (Phi) is 4.46. The fourth-order valence-corrected chi connectivity index (χ4v) is 6.49. The van der Waals surface area contributed by atoms with E-state index >= 15 is 0 Å². The average molecular weight is 368 g/mol. The zero-order chi connectivity index (χ0) is 18.4. The number of fused-ring (bicyclic) bond motifs is 1. The summed E-state index contributed by atoms with van der Waals surface area (Å²) in [7, 11) is -1.23. The topological polar surface area (TPSA) is 14.2 Å². The van der Waals surface area contributed by atoms with Gasteiger partial charge in [-0.1, -0.05) is 57.5 Å². The second kappa shape index (κ2) is 6.18. The highest BCUT2D eigenvalue weighted by Crippen LogP contribution is 2.26. The fourth-order valence-electron chi connectivity index (χ4n) is 3.43. The number of methoxy groups -OCH3 is 1. The molecular weight excluding hydrogens is 338 g/mol. The van der Waals surface area contributed by atoms with E-state index in [1.807, 2.05) is 0 Å². The van der Waals surface area contributed by atoms with Crippen LogP contribution in [0.5, 0.6) is 5.75 Å². The molecule has 0 saturated carbocycles. The molecule has 3 aromatic rings. The molecule has 0 atom stereocenters. The van der Waals surface area contributed by atoms with Gasteiger partial charge >= 0.3 is 0 Å². The number of rotatable bonds is 4. The summed E-state index contributed by atoms with van der Waals surface area (Å²) in [4.78, 5) is 0. The molecule has 1 aromatic heterocycles. The summed E-state index contributed by atoms with van der Waals surface area (Å²) in [5, 5.41) is 4.26. The first-order chi connectivity index (χ1) is 11.6. The van der Waals surface area contributed by atoms with Gasteiger partial charge in [-0.25, -0.2) is 0 Å². The highest BCUT2D eigenvalue weighted by molar-refractivity contribution is 6.90. The molecule has 1 heterocycles. The van der Waals surface area contributed by atoms with Crippen LogP contribution in [0.25, 0.3) is 16.6 Å². The Hall–Kier alpha value is -1.79. The smallest absolute Gasteiger partial charge is 0.119 e. The molecule has 0 amide bonds. The second-order valence-corrected chi connectivity index (χ2v) is 18.9. The number of nitrogens with zero attached hydrogens (tertiary/aromatic N) is 1. The molecule has 0 fully saturated rings. The van der Waals surface area contributed by atoms with Crippen molar-refractivity contribution in [2.24, 2.45) is 0 Å². The summed E-state index contributed by atoms with van der Waals surface area (Å²) in [6, 6.07) is 17.8. The van der Waals surface area contributed by atoms with Crippen LogP contribution in [0, 0.1) is 0 Å². The van der Waals surface area contributed by atoms with Gasteiger partial charge in [-0.3, -0.25) is 0 Å². The molecule has 3 rings (SSSR count). The molecule has 0 bridgehead atoms. The van der Waals surface area contributed by atoms with Crippen molar-refractivity contribution < 1.29 is 4.74 Å². The van der Waals surface area contributed by atoms with Crippen LogP contribution in [0.2, 0.25) is 39.3 Å². The van der Waals surface area contributed by atoms with Gasteiger partial charge in [-0.05, 0) is 35.5 Å². The molecular formula is C21H29NOSi2. The van der Waals surface area contributed by atoms with Gasteiger partial charge in [0.05, 0.1) is 28.8 Å². The largest absolute Gasteiger partial charge is 0.497 e. The molecule has 0 spiro atoms. The predicted molar refractivity (Wildman–Crippen MR) is 116 cm³/mol. The summed E-state index contributed by atoms with van der Waals surface area (Å²) in [6.07, 6.45) is 0. The lowest BCUT2D eigenvalue weighted by Gasteiger charge is -2.26. The molecule has 2 nitrogen and oxygen atoms in total. The fraction of sp³-hybridized carbons (Fsp3) is 0.333. The molecule has 0 aliphatic carbocycles. The molecule has 0 unspecified atom stereocenters. The summed E-state index contributed by atoms with van der Waals surface area (Å²) >= 11 is 0. The Labute approximate surface area is 153 Å². The van der Waals surface area contributed by atoms with Crippen molar-refractivity contribution in [1.82, 2.24) is 4.57 Å². The van der Waals surface area contributed by atoms with Crippen LogP contribution < -0.4 is 15.2 Å². The van der Waals surface area contributed by atoms with Crippen molar-refractivity contribution in [3.05, 3.63) is 48.5 Å². The van der Waals surface area contributed by atoms with E-state index in [0.717, 1.165) is 5.75 Å². The first-order valence-corrected chi connectivity index (χ1v) is 15.9. The molecule has 25 heavy (non-hydrogen) atoms.